The second kappa shape index (κ2) is 7.17. The Bertz CT molecular complexity index is 360. The summed E-state index contributed by atoms with van der Waals surface area (Å²) in [7, 11) is 0. The maximum absolute atomic E-state index is 12.6. The Morgan fingerprint density at radius 2 is 2.30 bits per heavy atom. The molecule has 0 bridgehead atoms. The van der Waals surface area contributed by atoms with Crippen molar-refractivity contribution in [3.8, 4) is 0 Å². The highest BCUT2D eigenvalue weighted by Gasteiger charge is 2.35. The monoisotopic (exact) mass is 302 g/mol. The quantitative estimate of drug-likeness (QED) is 0.842. The molecule has 0 aromatic heterocycles. The van der Waals surface area contributed by atoms with Crippen LogP contribution in [0.3, 0.4) is 0 Å². The van der Waals surface area contributed by atoms with Gasteiger partial charge in [0.25, 0.3) is 0 Å². The molecule has 2 rings (SSSR count). The molecule has 0 aliphatic carbocycles. The number of amides is 2. The van der Waals surface area contributed by atoms with Crippen LogP contribution in [0.15, 0.2) is 0 Å². The van der Waals surface area contributed by atoms with Crippen LogP contribution in [-0.2, 0) is 9.53 Å². The van der Waals surface area contributed by atoms with Gasteiger partial charge in [0, 0.05) is 37.7 Å². The molecule has 0 aromatic carbocycles. The standard InChI is InChI=1S/C13H22N2O4S/c1-2-14(8-10-4-3-6-19-10)13(18)15-5-7-20-9-11(15)12(16)17/h10-11H,2-9H2,1H3,(H,16,17). The summed E-state index contributed by atoms with van der Waals surface area (Å²) >= 11 is 1.59. The number of likely N-dealkylation sites (N-methyl/N-ethyl adjacent to an activating group) is 1. The van der Waals surface area contributed by atoms with Crippen molar-refractivity contribution in [2.45, 2.75) is 31.9 Å². The van der Waals surface area contributed by atoms with Gasteiger partial charge in [-0.25, -0.2) is 9.59 Å². The van der Waals surface area contributed by atoms with Crippen molar-refractivity contribution >= 4 is 23.8 Å². The van der Waals surface area contributed by atoms with Gasteiger partial charge in [-0.05, 0) is 19.8 Å². The molecule has 2 fully saturated rings. The lowest BCUT2D eigenvalue weighted by Crippen LogP contribution is -2.55. The normalized spacial score (nSPS) is 26.6. The van der Waals surface area contributed by atoms with Crippen LogP contribution >= 0.6 is 11.8 Å². The van der Waals surface area contributed by atoms with E-state index in [-0.39, 0.29) is 12.1 Å². The number of hydrogen-bond donors (Lipinski definition) is 1. The Morgan fingerprint density at radius 1 is 1.50 bits per heavy atom. The fourth-order valence-corrected chi connectivity index (χ4v) is 3.63. The summed E-state index contributed by atoms with van der Waals surface area (Å²) in [5.41, 5.74) is 0. The van der Waals surface area contributed by atoms with Crippen LogP contribution in [0.2, 0.25) is 0 Å². The summed E-state index contributed by atoms with van der Waals surface area (Å²) in [5, 5.41) is 9.25. The van der Waals surface area contributed by atoms with Gasteiger partial charge < -0.3 is 19.6 Å². The predicted molar refractivity (Wildman–Crippen MR) is 77.1 cm³/mol. The molecule has 0 spiro atoms. The zero-order valence-electron chi connectivity index (χ0n) is 11.8. The summed E-state index contributed by atoms with van der Waals surface area (Å²) < 4.78 is 5.56. The van der Waals surface area contributed by atoms with Crippen molar-refractivity contribution in [2.24, 2.45) is 0 Å². The highest BCUT2D eigenvalue weighted by molar-refractivity contribution is 7.99. The predicted octanol–water partition coefficient (Wildman–Crippen LogP) is 1.11. The van der Waals surface area contributed by atoms with Crippen molar-refractivity contribution in [1.29, 1.82) is 0 Å². The Balaban J connectivity index is 1.99. The second-order valence-corrected chi connectivity index (χ2v) is 6.23. The van der Waals surface area contributed by atoms with Crippen LogP contribution in [-0.4, -0.2) is 76.8 Å². The molecule has 2 heterocycles. The number of urea groups is 1. The molecule has 0 aromatic rings. The second-order valence-electron chi connectivity index (χ2n) is 5.08. The van der Waals surface area contributed by atoms with Gasteiger partial charge in [0.15, 0.2) is 0 Å². The smallest absolute Gasteiger partial charge is 0.327 e. The third kappa shape index (κ3) is 3.58. The zero-order chi connectivity index (χ0) is 14.5. The summed E-state index contributed by atoms with van der Waals surface area (Å²) in [5.74, 6) is 0.352. The average molecular weight is 302 g/mol. The maximum Gasteiger partial charge on any atom is 0.327 e. The minimum Gasteiger partial charge on any atom is -0.480 e. The first-order valence-corrected chi connectivity index (χ1v) is 8.26. The van der Waals surface area contributed by atoms with Gasteiger partial charge in [-0.15, -0.1) is 0 Å². The number of carboxylic acid groups (broad SMARTS) is 1. The van der Waals surface area contributed by atoms with Gasteiger partial charge in [-0.1, -0.05) is 0 Å². The van der Waals surface area contributed by atoms with E-state index in [1.165, 1.54) is 4.90 Å². The van der Waals surface area contributed by atoms with Gasteiger partial charge >= 0.3 is 12.0 Å². The molecule has 7 heteroatoms. The summed E-state index contributed by atoms with van der Waals surface area (Å²) in [6, 6.07) is -0.879. The van der Waals surface area contributed by atoms with Crippen molar-refractivity contribution in [3.63, 3.8) is 0 Å². The van der Waals surface area contributed by atoms with E-state index >= 15 is 0 Å². The van der Waals surface area contributed by atoms with Crippen LogP contribution in [0.5, 0.6) is 0 Å². The number of hydrogen-bond acceptors (Lipinski definition) is 4. The molecule has 6 nitrogen and oxygen atoms in total. The Morgan fingerprint density at radius 3 is 2.90 bits per heavy atom. The number of ether oxygens (including phenoxy) is 1. The minimum atomic E-state index is -0.918. The van der Waals surface area contributed by atoms with Gasteiger partial charge in [0.1, 0.15) is 6.04 Å². The zero-order valence-corrected chi connectivity index (χ0v) is 12.6. The minimum absolute atomic E-state index is 0.0985. The lowest BCUT2D eigenvalue weighted by molar-refractivity contribution is -0.141. The molecule has 2 unspecified atom stereocenters. The topological polar surface area (TPSA) is 70.1 Å². The number of carboxylic acids is 1. The van der Waals surface area contributed by atoms with E-state index in [0.29, 0.717) is 25.4 Å². The van der Waals surface area contributed by atoms with Crippen LogP contribution in [0.4, 0.5) is 4.79 Å². The molecule has 2 aliphatic heterocycles. The van der Waals surface area contributed by atoms with Crippen molar-refractivity contribution in [2.75, 3.05) is 37.7 Å². The van der Waals surface area contributed by atoms with E-state index in [0.717, 1.165) is 25.2 Å². The van der Waals surface area contributed by atoms with Gasteiger partial charge in [0.05, 0.1) is 6.10 Å². The highest BCUT2D eigenvalue weighted by atomic mass is 32.2. The number of rotatable bonds is 4. The van der Waals surface area contributed by atoms with Crippen molar-refractivity contribution in [1.82, 2.24) is 9.80 Å². The van der Waals surface area contributed by atoms with Crippen LogP contribution < -0.4 is 0 Å². The van der Waals surface area contributed by atoms with E-state index in [2.05, 4.69) is 0 Å². The number of thioether (sulfide) groups is 1. The number of aliphatic carboxylic acids is 1. The average Bonchev–Trinajstić information content (AvgIpc) is 2.97. The molecule has 20 heavy (non-hydrogen) atoms. The molecule has 2 aliphatic rings. The first-order valence-electron chi connectivity index (χ1n) is 7.11. The Kier molecular flexibility index (Phi) is 5.54. The third-order valence-electron chi connectivity index (χ3n) is 3.76. The van der Waals surface area contributed by atoms with Crippen LogP contribution in [0.25, 0.3) is 0 Å². The number of carbonyl (C=O) groups excluding carboxylic acids is 1. The SMILES string of the molecule is CCN(CC1CCCO1)C(=O)N1CCSCC1C(=O)O. The van der Waals surface area contributed by atoms with Crippen molar-refractivity contribution < 1.29 is 19.4 Å². The summed E-state index contributed by atoms with van der Waals surface area (Å²) in [4.78, 5) is 27.0. The molecular formula is C13H22N2O4S. The molecule has 1 N–H and O–H groups in total. The Labute approximate surface area is 123 Å². The van der Waals surface area contributed by atoms with E-state index in [4.69, 9.17) is 4.74 Å². The third-order valence-corrected chi connectivity index (χ3v) is 4.78. The van der Waals surface area contributed by atoms with E-state index in [1.807, 2.05) is 6.92 Å². The lowest BCUT2D eigenvalue weighted by Gasteiger charge is -2.37. The first-order chi connectivity index (χ1) is 9.63. The molecule has 114 valence electrons. The fourth-order valence-electron chi connectivity index (χ4n) is 2.60. The fraction of sp³-hybridized carbons (Fsp3) is 0.846. The van der Waals surface area contributed by atoms with Gasteiger partial charge in [-0.2, -0.15) is 11.8 Å². The highest BCUT2D eigenvalue weighted by Crippen LogP contribution is 2.20. The molecule has 2 atom stereocenters. The largest absolute Gasteiger partial charge is 0.480 e. The van der Waals surface area contributed by atoms with E-state index < -0.39 is 12.0 Å². The lowest BCUT2D eigenvalue weighted by atomic mass is 10.2. The first kappa shape index (κ1) is 15.4. The van der Waals surface area contributed by atoms with Crippen LogP contribution in [0, 0.1) is 0 Å². The summed E-state index contributed by atoms with van der Waals surface area (Å²) in [6.45, 7) is 4.32. The van der Waals surface area contributed by atoms with E-state index in [1.54, 1.807) is 16.7 Å². The van der Waals surface area contributed by atoms with Gasteiger partial charge in [-0.3, -0.25) is 0 Å². The molecular weight excluding hydrogens is 280 g/mol. The number of nitrogens with zero attached hydrogens (tertiary/aromatic N) is 2. The van der Waals surface area contributed by atoms with E-state index in [9.17, 15) is 14.7 Å². The molecule has 0 radical (unpaired) electrons. The molecule has 0 saturated carbocycles. The number of carbonyl (C=O) groups is 2. The molecule has 2 amide bonds. The van der Waals surface area contributed by atoms with Crippen molar-refractivity contribution in [3.05, 3.63) is 0 Å². The maximum atomic E-state index is 12.6. The van der Waals surface area contributed by atoms with Gasteiger partial charge in [0.2, 0.25) is 0 Å². The van der Waals surface area contributed by atoms with Crippen LogP contribution in [0.1, 0.15) is 19.8 Å². The Hall–Kier alpha value is -0.950. The molecule has 2 saturated heterocycles. The summed E-state index contributed by atoms with van der Waals surface area (Å²) in [6.07, 6.45) is 2.11.